The second kappa shape index (κ2) is 9.65. The Balaban J connectivity index is 1.53. The SMILES string of the molecule is O=C(CCNS(=O)(=O)c1ccccc1C(F)(F)F)Nc1ccc(N2CCCCC2)nc1. The van der Waals surface area contributed by atoms with Crippen molar-refractivity contribution < 1.29 is 26.4 Å². The number of carbonyl (C=O) groups excluding carboxylic acids is 1. The Bertz CT molecular complexity index is 1010. The van der Waals surface area contributed by atoms with Gasteiger partial charge in [0.1, 0.15) is 5.82 Å². The smallest absolute Gasteiger partial charge is 0.357 e. The number of halogens is 3. The molecule has 3 rings (SSSR count). The van der Waals surface area contributed by atoms with Gasteiger partial charge in [0.15, 0.2) is 0 Å². The maximum Gasteiger partial charge on any atom is 0.417 e. The molecule has 0 aliphatic carbocycles. The van der Waals surface area contributed by atoms with E-state index in [1.165, 1.54) is 18.7 Å². The van der Waals surface area contributed by atoms with Crippen LogP contribution in [0.1, 0.15) is 31.2 Å². The molecule has 11 heteroatoms. The lowest BCUT2D eigenvalue weighted by Gasteiger charge is -2.27. The molecule has 0 spiro atoms. The molecule has 2 N–H and O–H groups in total. The predicted octanol–water partition coefficient (Wildman–Crippen LogP) is 3.40. The molecule has 168 valence electrons. The van der Waals surface area contributed by atoms with Crippen molar-refractivity contribution in [1.29, 1.82) is 0 Å². The average Bonchev–Trinajstić information content (AvgIpc) is 2.74. The fraction of sp³-hybridized carbons (Fsp3) is 0.400. The number of piperidine rings is 1. The Hall–Kier alpha value is -2.66. The lowest BCUT2D eigenvalue weighted by molar-refractivity contribution is -0.139. The van der Waals surface area contributed by atoms with Crippen LogP contribution in [0.4, 0.5) is 24.7 Å². The molecule has 7 nitrogen and oxygen atoms in total. The molecule has 0 saturated carbocycles. The molecule has 2 aromatic rings. The number of anilines is 2. The largest absolute Gasteiger partial charge is 0.417 e. The monoisotopic (exact) mass is 456 g/mol. The summed E-state index contributed by atoms with van der Waals surface area (Å²) in [5.74, 6) is 0.341. The van der Waals surface area contributed by atoms with E-state index in [0.29, 0.717) is 11.8 Å². The highest BCUT2D eigenvalue weighted by atomic mass is 32.2. The van der Waals surface area contributed by atoms with Gasteiger partial charge in [0.2, 0.25) is 15.9 Å². The van der Waals surface area contributed by atoms with E-state index < -0.39 is 32.6 Å². The Kier molecular flexibility index (Phi) is 7.16. The van der Waals surface area contributed by atoms with Crippen LogP contribution in [-0.4, -0.2) is 38.9 Å². The highest BCUT2D eigenvalue weighted by Crippen LogP contribution is 2.33. The maximum absolute atomic E-state index is 13.1. The molecule has 1 aromatic heterocycles. The number of nitrogens with one attached hydrogen (secondary N) is 2. The first-order chi connectivity index (χ1) is 14.7. The minimum absolute atomic E-state index is 0.249. The zero-order chi connectivity index (χ0) is 22.5. The van der Waals surface area contributed by atoms with Gasteiger partial charge in [0.05, 0.1) is 22.3 Å². The van der Waals surface area contributed by atoms with Crippen molar-refractivity contribution in [3.63, 3.8) is 0 Å². The third-order valence-electron chi connectivity index (χ3n) is 4.84. The first kappa shape index (κ1) is 23.0. The van der Waals surface area contributed by atoms with Crippen molar-refractivity contribution in [2.75, 3.05) is 29.9 Å². The van der Waals surface area contributed by atoms with Crippen LogP contribution in [0.5, 0.6) is 0 Å². The Morgan fingerprint density at radius 3 is 2.42 bits per heavy atom. The van der Waals surface area contributed by atoms with Crippen molar-refractivity contribution in [1.82, 2.24) is 9.71 Å². The molecular formula is C20H23F3N4O3S. The van der Waals surface area contributed by atoms with Gasteiger partial charge < -0.3 is 10.2 Å². The van der Waals surface area contributed by atoms with Crippen LogP contribution in [0, 0.1) is 0 Å². The van der Waals surface area contributed by atoms with Gasteiger partial charge >= 0.3 is 6.18 Å². The summed E-state index contributed by atoms with van der Waals surface area (Å²) in [5.41, 5.74) is -0.803. The molecule has 0 bridgehead atoms. The molecule has 1 aliphatic heterocycles. The summed E-state index contributed by atoms with van der Waals surface area (Å²) in [7, 11) is -4.43. The fourth-order valence-electron chi connectivity index (χ4n) is 3.31. The first-order valence-electron chi connectivity index (χ1n) is 9.83. The molecular weight excluding hydrogens is 433 g/mol. The van der Waals surface area contributed by atoms with E-state index in [-0.39, 0.29) is 13.0 Å². The quantitative estimate of drug-likeness (QED) is 0.667. The molecule has 0 radical (unpaired) electrons. The number of benzene rings is 1. The molecule has 1 aliphatic rings. The lowest BCUT2D eigenvalue weighted by atomic mass is 10.1. The molecule has 1 aromatic carbocycles. The number of aromatic nitrogens is 1. The predicted molar refractivity (Wildman–Crippen MR) is 110 cm³/mol. The van der Waals surface area contributed by atoms with Gasteiger partial charge in [0.25, 0.3) is 0 Å². The van der Waals surface area contributed by atoms with E-state index in [1.54, 1.807) is 12.1 Å². The molecule has 1 amide bonds. The summed E-state index contributed by atoms with van der Waals surface area (Å²) in [6.45, 7) is 1.53. The Morgan fingerprint density at radius 2 is 1.77 bits per heavy atom. The van der Waals surface area contributed by atoms with Gasteiger partial charge in [-0.05, 0) is 43.5 Å². The van der Waals surface area contributed by atoms with Crippen molar-refractivity contribution in [3.8, 4) is 0 Å². The summed E-state index contributed by atoms with van der Waals surface area (Å²) in [6, 6.07) is 7.40. The second-order valence-corrected chi connectivity index (χ2v) is 8.88. The number of pyridine rings is 1. The summed E-state index contributed by atoms with van der Waals surface area (Å²) in [5, 5.41) is 2.60. The normalized spacial score (nSPS) is 15.0. The summed E-state index contributed by atoms with van der Waals surface area (Å²) in [6.07, 6.45) is -0.105. The Morgan fingerprint density at radius 1 is 1.06 bits per heavy atom. The summed E-state index contributed by atoms with van der Waals surface area (Å²) < 4.78 is 65.7. The fourth-order valence-corrected chi connectivity index (χ4v) is 4.56. The second-order valence-electron chi connectivity index (χ2n) is 7.14. The zero-order valence-electron chi connectivity index (χ0n) is 16.7. The van der Waals surface area contributed by atoms with Crippen LogP contribution < -0.4 is 14.9 Å². The number of amides is 1. The van der Waals surface area contributed by atoms with Crippen molar-refractivity contribution in [2.45, 2.75) is 36.8 Å². The highest BCUT2D eigenvalue weighted by Gasteiger charge is 2.36. The van der Waals surface area contributed by atoms with Gasteiger partial charge in [-0.3, -0.25) is 4.79 Å². The van der Waals surface area contributed by atoms with E-state index in [4.69, 9.17) is 0 Å². The van der Waals surface area contributed by atoms with Crippen LogP contribution in [0.25, 0.3) is 0 Å². The minimum atomic E-state index is -4.81. The van der Waals surface area contributed by atoms with E-state index in [1.807, 2.05) is 4.72 Å². The molecule has 1 fully saturated rings. The van der Waals surface area contributed by atoms with Crippen molar-refractivity contribution in [2.24, 2.45) is 0 Å². The van der Waals surface area contributed by atoms with E-state index in [9.17, 15) is 26.4 Å². The van der Waals surface area contributed by atoms with Gasteiger partial charge in [-0.1, -0.05) is 12.1 Å². The van der Waals surface area contributed by atoms with Gasteiger partial charge in [0, 0.05) is 26.1 Å². The zero-order valence-corrected chi connectivity index (χ0v) is 17.5. The van der Waals surface area contributed by atoms with E-state index in [2.05, 4.69) is 15.2 Å². The minimum Gasteiger partial charge on any atom is -0.357 e. The Labute approximate surface area is 178 Å². The average molecular weight is 456 g/mol. The topological polar surface area (TPSA) is 91.4 Å². The number of carbonyl (C=O) groups is 1. The van der Waals surface area contributed by atoms with E-state index in [0.717, 1.165) is 43.9 Å². The van der Waals surface area contributed by atoms with Crippen LogP contribution in [0.15, 0.2) is 47.5 Å². The summed E-state index contributed by atoms with van der Waals surface area (Å²) in [4.78, 5) is 17.7. The number of hydrogen-bond acceptors (Lipinski definition) is 5. The van der Waals surface area contributed by atoms with Gasteiger partial charge in [-0.25, -0.2) is 18.1 Å². The van der Waals surface area contributed by atoms with Gasteiger partial charge in [-0.2, -0.15) is 13.2 Å². The third kappa shape index (κ3) is 6.17. The van der Waals surface area contributed by atoms with E-state index >= 15 is 0 Å². The van der Waals surface area contributed by atoms with Gasteiger partial charge in [-0.15, -0.1) is 0 Å². The number of rotatable bonds is 7. The number of hydrogen-bond donors (Lipinski definition) is 2. The van der Waals surface area contributed by atoms with Crippen LogP contribution in [0.3, 0.4) is 0 Å². The number of alkyl halides is 3. The van der Waals surface area contributed by atoms with Crippen LogP contribution in [-0.2, 0) is 21.0 Å². The molecule has 1 saturated heterocycles. The third-order valence-corrected chi connectivity index (χ3v) is 6.36. The molecule has 0 atom stereocenters. The lowest BCUT2D eigenvalue weighted by Crippen LogP contribution is -2.30. The van der Waals surface area contributed by atoms with Crippen molar-refractivity contribution in [3.05, 3.63) is 48.2 Å². The summed E-state index contributed by atoms with van der Waals surface area (Å²) >= 11 is 0. The standard InChI is InChI=1S/C20H23F3N4O3S/c21-20(22,23)16-6-2-3-7-17(16)31(29,30)25-11-10-19(28)26-15-8-9-18(24-14-15)27-12-4-1-5-13-27/h2-3,6-9,14,25H,1,4-5,10-13H2,(H,26,28). The number of sulfonamides is 1. The van der Waals surface area contributed by atoms with Crippen LogP contribution >= 0.6 is 0 Å². The number of nitrogens with zero attached hydrogens (tertiary/aromatic N) is 2. The highest BCUT2D eigenvalue weighted by molar-refractivity contribution is 7.89. The maximum atomic E-state index is 13.1. The first-order valence-corrected chi connectivity index (χ1v) is 11.3. The molecule has 31 heavy (non-hydrogen) atoms. The van der Waals surface area contributed by atoms with Crippen molar-refractivity contribution >= 4 is 27.4 Å². The molecule has 0 unspecified atom stereocenters. The molecule has 2 heterocycles. The van der Waals surface area contributed by atoms with Crippen LogP contribution in [0.2, 0.25) is 0 Å².